The lowest BCUT2D eigenvalue weighted by Gasteiger charge is -2.12. The number of unbranched alkanes of at least 4 members (excludes halogenated alkanes) is 3. The van der Waals surface area contributed by atoms with Crippen molar-refractivity contribution < 1.29 is 4.79 Å². The van der Waals surface area contributed by atoms with Crippen LogP contribution in [0.3, 0.4) is 0 Å². The first-order valence-corrected chi connectivity index (χ1v) is 8.13. The molecule has 1 rings (SSSR count). The smallest absolute Gasteiger partial charge is 0.252 e. The average Bonchev–Trinajstić information content (AvgIpc) is 2.90. The van der Waals surface area contributed by atoms with Crippen LogP contribution in [0, 0.1) is 11.8 Å². The highest BCUT2D eigenvalue weighted by Gasteiger charge is 2.11. The van der Waals surface area contributed by atoms with Gasteiger partial charge in [0.05, 0.1) is 17.0 Å². The lowest BCUT2D eigenvalue weighted by molar-refractivity contribution is 0.0938. The van der Waals surface area contributed by atoms with Gasteiger partial charge in [-0.3, -0.25) is 4.79 Å². The minimum Gasteiger partial charge on any atom is -0.350 e. The summed E-state index contributed by atoms with van der Waals surface area (Å²) in [7, 11) is 0. The first kappa shape index (κ1) is 16.7. The molecule has 0 bridgehead atoms. The first-order valence-electron chi connectivity index (χ1n) is 7.25. The number of carbonyl (C=O) groups excluding carboxylic acids is 1. The van der Waals surface area contributed by atoms with Gasteiger partial charge >= 0.3 is 0 Å². The molecule has 0 aromatic carbocycles. The summed E-state index contributed by atoms with van der Waals surface area (Å²) in [6.45, 7) is 4.60. The molecule has 0 radical (unpaired) electrons. The SMILES string of the molecule is CCCCCCC(C)NC(=O)c1csc(C#CCN)c1. The van der Waals surface area contributed by atoms with Crippen molar-refractivity contribution in [3.63, 3.8) is 0 Å². The molecule has 0 saturated heterocycles. The molecular formula is C16H24N2OS. The van der Waals surface area contributed by atoms with E-state index in [1.807, 2.05) is 11.4 Å². The Morgan fingerprint density at radius 1 is 1.45 bits per heavy atom. The summed E-state index contributed by atoms with van der Waals surface area (Å²) in [6.07, 6.45) is 5.96. The maximum Gasteiger partial charge on any atom is 0.252 e. The van der Waals surface area contributed by atoms with Crippen molar-refractivity contribution in [2.45, 2.75) is 52.0 Å². The number of hydrogen-bond acceptors (Lipinski definition) is 3. The maximum atomic E-state index is 12.1. The number of rotatable bonds is 7. The van der Waals surface area contributed by atoms with Crippen LogP contribution < -0.4 is 11.1 Å². The van der Waals surface area contributed by atoms with E-state index in [0.29, 0.717) is 12.1 Å². The van der Waals surface area contributed by atoms with Crippen LogP contribution in [-0.2, 0) is 0 Å². The van der Waals surface area contributed by atoms with E-state index in [-0.39, 0.29) is 11.9 Å². The van der Waals surface area contributed by atoms with Crippen molar-refractivity contribution in [3.8, 4) is 11.8 Å². The van der Waals surface area contributed by atoms with E-state index in [9.17, 15) is 4.79 Å². The van der Waals surface area contributed by atoms with E-state index >= 15 is 0 Å². The molecule has 0 fully saturated rings. The topological polar surface area (TPSA) is 55.1 Å². The predicted molar refractivity (Wildman–Crippen MR) is 85.9 cm³/mol. The summed E-state index contributed by atoms with van der Waals surface area (Å²) in [6, 6.07) is 2.05. The Kier molecular flexibility index (Phi) is 8.01. The van der Waals surface area contributed by atoms with Gasteiger partial charge in [-0.2, -0.15) is 0 Å². The third-order valence-electron chi connectivity index (χ3n) is 3.04. The molecule has 1 amide bonds. The molecule has 110 valence electrons. The summed E-state index contributed by atoms with van der Waals surface area (Å²) < 4.78 is 0. The van der Waals surface area contributed by atoms with Gasteiger partial charge in [-0.15, -0.1) is 11.3 Å². The molecule has 1 aromatic rings. The molecule has 20 heavy (non-hydrogen) atoms. The fraction of sp³-hybridized carbons (Fsp3) is 0.562. The molecule has 1 aromatic heterocycles. The van der Waals surface area contributed by atoms with Crippen molar-refractivity contribution in [2.75, 3.05) is 6.54 Å². The van der Waals surface area contributed by atoms with Crippen LogP contribution in [-0.4, -0.2) is 18.5 Å². The van der Waals surface area contributed by atoms with Gasteiger partial charge in [-0.05, 0) is 19.4 Å². The first-order chi connectivity index (χ1) is 9.67. The van der Waals surface area contributed by atoms with Gasteiger partial charge in [0.15, 0.2) is 0 Å². The maximum absolute atomic E-state index is 12.1. The molecule has 3 nitrogen and oxygen atoms in total. The van der Waals surface area contributed by atoms with Crippen molar-refractivity contribution >= 4 is 17.2 Å². The van der Waals surface area contributed by atoms with E-state index in [4.69, 9.17) is 5.73 Å². The fourth-order valence-corrected chi connectivity index (χ4v) is 2.67. The van der Waals surface area contributed by atoms with Crippen molar-refractivity contribution in [2.24, 2.45) is 5.73 Å². The van der Waals surface area contributed by atoms with Gasteiger partial charge in [0.2, 0.25) is 0 Å². The van der Waals surface area contributed by atoms with Crippen molar-refractivity contribution in [1.82, 2.24) is 5.32 Å². The second kappa shape index (κ2) is 9.57. The van der Waals surface area contributed by atoms with Crippen LogP contribution in [0.25, 0.3) is 0 Å². The number of nitrogens with one attached hydrogen (secondary N) is 1. The highest BCUT2D eigenvalue weighted by molar-refractivity contribution is 7.10. The molecule has 4 heteroatoms. The molecule has 1 atom stereocenters. The van der Waals surface area contributed by atoms with E-state index < -0.39 is 0 Å². The number of hydrogen-bond donors (Lipinski definition) is 2. The monoisotopic (exact) mass is 292 g/mol. The normalized spacial score (nSPS) is 11.6. The summed E-state index contributed by atoms with van der Waals surface area (Å²) in [5.41, 5.74) is 6.02. The molecule has 1 heterocycles. The fourth-order valence-electron chi connectivity index (χ4n) is 1.92. The zero-order valence-electron chi connectivity index (χ0n) is 12.4. The van der Waals surface area contributed by atoms with Gasteiger partial charge < -0.3 is 11.1 Å². The zero-order chi connectivity index (χ0) is 14.8. The second-order valence-electron chi connectivity index (χ2n) is 4.93. The third-order valence-corrected chi connectivity index (χ3v) is 3.89. The molecule has 0 aliphatic heterocycles. The third kappa shape index (κ3) is 6.23. The Morgan fingerprint density at radius 3 is 2.95 bits per heavy atom. The minimum atomic E-state index is -0.00922. The van der Waals surface area contributed by atoms with E-state index in [1.54, 1.807) is 0 Å². The Hall–Kier alpha value is -1.31. The number of carbonyl (C=O) groups is 1. The minimum absolute atomic E-state index is 0.00922. The summed E-state index contributed by atoms with van der Waals surface area (Å²) in [4.78, 5) is 12.9. The van der Waals surface area contributed by atoms with Gasteiger partial charge in [-0.25, -0.2) is 0 Å². The van der Waals surface area contributed by atoms with Gasteiger partial charge in [-0.1, -0.05) is 44.4 Å². The Labute approximate surface area is 126 Å². The van der Waals surface area contributed by atoms with E-state index in [0.717, 1.165) is 11.3 Å². The van der Waals surface area contributed by atoms with E-state index in [2.05, 4.69) is 31.0 Å². The van der Waals surface area contributed by atoms with Gasteiger partial charge in [0.25, 0.3) is 5.91 Å². The highest BCUT2D eigenvalue weighted by atomic mass is 32.1. The number of nitrogens with two attached hydrogens (primary N) is 1. The Balaban J connectivity index is 2.39. The summed E-state index contributed by atoms with van der Waals surface area (Å²) in [5, 5.41) is 4.88. The molecule has 3 N–H and O–H groups in total. The largest absolute Gasteiger partial charge is 0.350 e. The van der Waals surface area contributed by atoms with Crippen LogP contribution >= 0.6 is 11.3 Å². The quantitative estimate of drug-likeness (QED) is 0.599. The van der Waals surface area contributed by atoms with Gasteiger partial charge in [0, 0.05) is 11.4 Å². The molecule has 0 saturated carbocycles. The van der Waals surface area contributed by atoms with Crippen LogP contribution in [0.2, 0.25) is 0 Å². The van der Waals surface area contributed by atoms with Crippen LogP contribution in [0.4, 0.5) is 0 Å². The lowest BCUT2D eigenvalue weighted by atomic mass is 10.1. The lowest BCUT2D eigenvalue weighted by Crippen LogP contribution is -2.32. The average molecular weight is 292 g/mol. The van der Waals surface area contributed by atoms with Gasteiger partial charge in [0.1, 0.15) is 0 Å². The molecule has 0 spiro atoms. The van der Waals surface area contributed by atoms with E-state index in [1.165, 1.54) is 37.0 Å². The molecular weight excluding hydrogens is 268 g/mol. The number of amides is 1. The molecule has 0 aliphatic carbocycles. The van der Waals surface area contributed by atoms with Crippen LogP contribution in [0.5, 0.6) is 0 Å². The highest BCUT2D eigenvalue weighted by Crippen LogP contribution is 2.14. The van der Waals surface area contributed by atoms with Crippen LogP contribution in [0.1, 0.15) is 61.2 Å². The Bertz CT molecular complexity index is 470. The standard InChI is InChI=1S/C16H24N2OS/c1-3-4-5-6-8-13(2)18-16(19)14-11-15(20-12-14)9-7-10-17/h11-13H,3-6,8,10,17H2,1-2H3,(H,18,19). The second-order valence-corrected chi connectivity index (χ2v) is 5.84. The van der Waals surface area contributed by atoms with Crippen molar-refractivity contribution in [1.29, 1.82) is 0 Å². The van der Waals surface area contributed by atoms with Crippen LogP contribution in [0.15, 0.2) is 11.4 Å². The summed E-state index contributed by atoms with van der Waals surface area (Å²) in [5.74, 6) is 5.73. The van der Waals surface area contributed by atoms with Crippen molar-refractivity contribution in [3.05, 3.63) is 21.9 Å². The summed E-state index contributed by atoms with van der Waals surface area (Å²) >= 11 is 1.48. The number of thiophene rings is 1. The molecule has 1 unspecified atom stereocenters. The predicted octanol–water partition coefficient (Wildman–Crippen LogP) is 3.15. The zero-order valence-corrected chi connectivity index (χ0v) is 13.2. The molecule has 0 aliphatic rings. The Morgan fingerprint density at radius 2 is 2.25 bits per heavy atom.